The molecular formula is C6H16BNO3. The monoisotopic (exact) mass is 161 g/mol. The fraction of sp³-hybridized carbons (Fsp3) is 1.00. The van der Waals surface area contributed by atoms with E-state index in [1.54, 1.807) is 14.2 Å². The van der Waals surface area contributed by atoms with Crippen LogP contribution in [-0.2, 0) is 14.0 Å². The molecule has 0 aliphatic heterocycles. The van der Waals surface area contributed by atoms with Crippen LogP contribution in [0.15, 0.2) is 0 Å². The summed E-state index contributed by atoms with van der Waals surface area (Å²) in [6.45, 7) is 1.47. The van der Waals surface area contributed by atoms with Crippen molar-refractivity contribution in [1.82, 2.24) is 4.90 Å². The van der Waals surface area contributed by atoms with Crippen LogP contribution in [0.3, 0.4) is 0 Å². The van der Waals surface area contributed by atoms with Crippen molar-refractivity contribution in [2.24, 2.45) is 0 Å². The minimum Gasteiger partial charge on any atom is -0.389 e. The van der Waals surface area contributed by atoms with Gasteiger partial charge in [-0.05, 0) is 14.1 Å². The molecule has 0 atom stereocenters. The van der Waals surface area contributed by atoms with E-state index in [1.165, 1.54) is 0 Å². The molecule has 0 aromatic heterocycles. The Kier molecular flexibility index (Phi) is 6.55. The van der Waals surface area contributed by atoms with Gasteiger partial charge in [0.15, 0.2) is 0 Å². The molecule has 0 radical (unpaired) electrons. The van der Waals surface area contributed by atoms with Gasteiger partial charge in [-0.2, -0.15) is 0 Å². The van der Waals surface area contributed by atoms with Crippen molar-refractivity contribution >= 4 is 7.32 Å². The lowest BCUT2D eigenvalue weighted by Gasteiger charge is -2.12. The average Bonchev–Trinajstić information content (AvgIpc) is 1.98. The molecule has 11 heavy (non-hydrogen) atoms. The third-order valence-corrected chi connectivity index (χ3v) is 1.18. The lowest BCUT2D eigenvalue weighted by atomic mass is 10.2. The smallest absolute Gasteiger partial charge is 0.389 e. The van der Waals surface area contributed by atoms with Crippen LogP contribution in [0.2, 0.25) is 0 Å². The molecule has 0 saturated heterocycles. The van der Waals surface area contributed by atoms with E-state index in [2.05, 4.69) is 0 Å². The highest BCUT2D eigenvalue weighted by Crippen LogP contribution is 1.87. The molecular weight excluding hydrogens is 145 g/mol. The van der Waals surface area contributed by atoms with Gasteiger partial charge in [-0.25, -0.2) is 0 Å². The first-order valence-corrected chi connectivity index (χ1v) is 3.52. The quantitative estimate of drug-likeness (QED) is 0.506. The zero-order valence-corrected chi connectivity index (χ0v) is 7.66. The number of rotatable bonds is 6. The van der Waals surface area contributed by atoms with Crippen LogP contribution in [0.5, 0.6) is 0 Å². The molecule has 0 bridgehead atoms. The standard InChI is InChI=1S/C6H16BNO3/c1-8(2)5-6-11-7(9-3)10-4/h5-6H2,1-4H3. The normalized spacial score (nSPS) is 10.6. The molecule has 5 heteroatoms. The van der Waals surface area contributed by atoms with Crippen molar-refractivity contribution in [3.05, 3.63) is 0 Å². The van der Waals surface area contributed by atoms with Crippen LogP contribution in [0.4, 0.5) is 0 Å². The van der Waals surface area contributed by atoms with Gasteiger partial charge in [0.25, 0.3) is 0 Å². The highest BCUT2D eigenvalue weighted by atomic mass is 16.7. The van der Waals surface area contributed by atoms with Crippen LogP contribution >= 0.6 is 0 Å². The molecule has 0 saturated carbocycles. The van der Waals surface area contributed by atoms with E-state index in [4.69, 9.17) is 14.0 Å². The molecule has 0 spiro atoms. The second-order valence-corrected chi connectivity index (χ2v) is 2.43. The Morgan fingerprint density at radius 3 is 2.09 bits per heavy atom. The Morgan fingerprint density at radius 2 is 1.73 bits per heavy atom. The van der Waals surface area contributed by atoms with Gasteiger partial charge in [0.2, 0.25) is 0 Å². The lowest BCUT2D eigenvalue weighted by molar-refractivity contribution is 0.126. The predicted octanol–water partition coefficient (Wildman–Crippen LogP) is -0.158. The van der Waals surface area contributed by atoms with Gasteiger partial charge in [-0.1, -0.05) is 0 Å². The van der Waals surface area contributed by atoms with Crippen LogP contribution in [-0.4, -0.2) is 53.7 Å². The van der Waals surface area contributed by atoms with E-state index in [0.29, 0.717) is 6.61 Å². The summed E-state index contributed by atoms with van der Waals surface area (Å²) in [5.74, 6) is 0. The Balaban J connectivity index is 3.21. The second-order valence-electron chi connectivity index (χ2n) is 2.43. The lowest BCUT2D eigenvalue weighted by Crippen LogP contribution is -2.28. The number of hydrogen-bond donors (Lipinski definition) is 0. The number of likely N-dealkylation sites (N-methyl/N-ethyl adjacent to an activating group) is 1. The van der Waals surface area contributed by atoms with E-state index in [-0.39, 0.29) is 0 Å². The molecule has 0 fully saturated rings. The number of hydrogen-bond acceptors (Lipinski definition) is 4. The molecule has 0 heterocycles. The van der Waals surface area contributed by atoms with Crippen LogP contribution in [0, 0.1) is 0 Å². The second kappa shape index (κ2) is 6.60. The van der Waals surface area contributed by atoms with Crippen molar-refractivity contribution < 1.29 is 14.0 Å². The van der Waals surface area contributed by atoms with Gasteiger partial charge in [-0.15, -0.1) is 0 Å². The summed E-state index contributed by atoms with van der Waals surface area (Å²) >= 11 is 0. The molecule has 0 aromatic rings. The molecule has 0 aliphatic carbocycles. The highest BCUT2D eigenvalue weighted by molar-refractivity contribution is 6.36. The number of nitrogens with zero attached hydrogens (tertiary/aromatic N) is 1. The first-order chi connectivity index (χ1) is 5.20. The van der Waals surface area contributed by atoms with E-state index in [1.807, 2.05) is 19.0 Å². The molecule has 0 unspecified atom stereocenters. The van der Waals surface area contributed by atoms with E-state index in [0.717, 1.165) is 6.54 Å². The zero-order valence-electron chi connectivity index (χ0n) is 7.66. The Labute approximate surface area is 68.6 Å². The van der Waals surface area contributed by atoms with Gasteiger partial charge in [0, 0.05) is 27.4 Å². The van der Waals surface area contributed by atoms with Crippen LogP contribution < -0.4 is 0 Å². The summed E-state index contributed by atoms with van der Waals surface area (Å²) in [5.41, 5.74) is 0. The van der Waals surface area contributed by atoms with Crippen molar-refractivity contribution in [2.45, 2.75) is 0 Å². The van der Waals surface area contributed by atoms with E-state index in [9.17, 15) is 0 Å². The molecule has 0 amide bonds. The minimum atomic E-state index is -0.532. The Morgan fingerprint density at radius 1 is 1.18 bits per heavy atom. The maximum absolute atomic E-state index is 5.17. The molecule has 0 N–H and O–H groups in total. The largest absolute Gasteiger partial charge is 0.639 e. The summed E-state index contributed by atoms with van der Waals surface area (Å²) < 4.78 is 14.8. The van der Waals surface area contributed by atoms with Gasteiger partial charge in [-0.3, -0.25) is 0 Å². The SMILES string of the molecule is COB(OC)OCCN(C)C. The fourth-order valence-electron chi connectivity index (χ4n) is 0.564. The summed E-state index contributed by atoms with van der Waals surface area (Å²) in [6, 6.07) is 0. The molecule has 0 aromatic carbocycles. The molecule has 0 rings (SSSR count). The van der Waals surface area contributed by atoms with Crippen LogP contribution in [0.25, 0.3) is 0 Å². The summed E-state index contributed by atoms with van der Waals surface area (Å²) in [7, 11) is 6.53. The minimum absolute atomic E-state index is 0.532. The molecule has 4 nitrogen and oxygen atoms in total. The van der Waals surface area contributed by atoms with Crippen molar-refractivity contribution in [3.63, 3.8) is 0 Å². The Hall–Kier alpha value is -0.0951. The van der Waals surface area contributed by atoms with E-state index < -0.39 is 7.32 Å². The van der Waals surface area contributed by atoms with Gasteiger partial charge < -0.3 is 18.9 Å². The molecule has 0 aliphatic rings. The summed E-state index contributed by atoms with van der Waals surface area (Å²) in [6.07, 6.45) is 0. The van der Waals surface area contributed by atoms with Gasteiger partial charge >= 0.3 is 7.32 Å². The van der Waals surface area contributed by atoms with Gasteiger partial charge in [0.05, 0.1) is 0 Å². The van der Waals surface area contributed by atoms with E-state index >= 15 is 0 Å². The molecule has 66 valence electrons. The van der Waals surface area contributed by atoms with Crippen molar-refractivity contribution in [1.29, 1.82) is 0 Å². The maximum Gasteiger partial charge on any atom is 0.639 e. The fourth-order valence-corrected chi connectivity index (χ4v) is 0.564. The topological polar surface area (TPSA) is 30.9 Å². The first kappa shape index (κ1) is 10.9. The predicted molar refractivity (Wildman–Crippen MR) is 44.3 cm³/mol. The summed E-state index contributed by atoms with van der Waals surface area (Å²) in [4.78, 5) is 2.03. The Bertz CT molecular complexity index is 87.9. The average molecular weight is 161 g/mol. The highest BCUT2D eigenvalue weighted by Gasteiger charge is 2.15. The van der Waals surface area contributed by atoms with Crippen LogP contribution in [0.1, 0.15) is 0 Å². The summed E-state index contributed by atoms with van der Waals surface area (Å²) in [5, 5.41) is 0. The maximum atomic E-state index is 5.17. The zero-order chi connectivity index (χ0) is 8.69. The first-order valence-electron chi connectivity index (χ1n) is 3.52. The third kappa shape index (κ3) is 6.31. The van der Waals surface area contributed by atoms with Crippen molar-refractivity contribution in [2.75, 3.05) is 41.5 Å². The third-order valence-electron chi connectivity index (χ3n) is 1.18. The van der Waals surface area contributed by atoms with Crippen molar-refractivity contribution in [3.8, 4) is 0 Å². The van der Waals surface area contributed by atoms with Gasteiger partial charge in [0.1, 0.15) is 0 Å².